The van der Waals surface area contributed by atoms with Crippen LogP contribution < -0.4 is 10.5 Å². The Balaban J connectivity index is 1.82. The van der Waals surface area contributed by atoms with Crippen LogP contribution >= 0.6 is 15.9 Å². The van der Waals surface area contributed by atoms with Gasteiger partial charge in [-0.3, -0.25) is 0 Å². The second-order valence-electron chi connectivity index (χ2n) is 5.56. The van der Waals surface area contributed by atoms with Crippen LogP contribution in [0.3, 0.4) is 0 Å². The number of aliphatic hydroxyl groups excluding tert-OH is 1. The normalized spacial score (nSPS) is 18.1. The molecule has 4 heteroatoms. The standard InChI is InChI=1S/C15H22BrNO2/c16-13-3-5-14(6-4-13)19-8-7-15(10-17,11-18)9-12-1-2-12/h3-6,12,18H,1-2,7-11,17H2. The van der Waals surface area contributed by atoms with Crippen molar-refractivity contribution >= 4 is 15.9 Å². The van der Waals surface area contributed by atoms with Crippen LogP contribution in [0, 0.1) is 11.3 Å². The molecule has 0 saturated heterocycles. The molecule has 1 unspecified atom stereocenters. The van der Waals surface area contributed by atoms with Crippen molar-refractivity contribution in [2.45, 2.75) is 25.7 Å². The quantitative estimate of drug-likeness (QED) is 0.771. The average Bonchev–Trinajstić information content (AvgIpc) is 3.24. The fraction of sp³-hybridized carbons (Fsp3) is 0.600. The summed E-state index contributed by atoms with van der Waals surface area (Å²) in [5.41, 5.74) is 5.72. The van der Waals surface area contributed by atoms with Crippen LogP contribution in [0.1, 0.15) is 25.7 Å². The number of halogens is 1. The van der Waals surface area contributed by atoms with Gasteiger partial charge in [-0.15, -0.1) is 0 Å². The molecule has 19 heavy (non-hydrogen) atoms. The lowest BCUT2D eigenvalue weighted by Crippen LogP contribution is -2.36. The minimum absolute atomic E-state index is 0.156. The highest BCUT2D eigenvalue weighted by Crippen LogP contribution is 2.41. The molecule has 0 heterocycles. The maximum absolute atomic E-state index is 9.65. The van der Waals surface area contributed by atoms with Crippen molar-refractivity contribution in [3.8, 4) is 5.75 Å². The van der Waals surface area contributed by atoms with Crippen molar-refractivity contribution in [3.05, 3.63) is 28.7 Å². The van der Waals surface area contributed by atoms with Crippen molar-refractivity contribution in [3.63, 3.8) is 0 Å². The summed E-state index contributed by atoms with van der Waals surface area (Å²) in [5, 5.41) is 9.65. The van der Waals surface area contributed by atoms with E-state index in [1.807, 2.05) is 24.3 Å². The highest BCUT2D eigenvalue weighted by atomic mass is 79.9. The van der Waals surface area contributed by atoms with E-state index in [0.717, 1.165) is 29.0 Å². The van der Waals surface area contributed by atoms with Crippen molar-refractivity contribution in [2.24, 2.45) is 17.1 Å². The molecule has 1 aliphatic carbocycles. The number of aliphatic hydroxyl groups is 1. The Morgan fingerprint density at radius 1 is 1.32 bits per heavy atom. The van der Waals surface area contributed by atoms with Gasteiger partial charge >= 0.3 is 0 Å². The first-order chi connectivity index (χ1) is 9.17. The molecule has 106 valence electrons. The predicted octanol–water partition coefficient (Wildman–Crippen LogP) is 2.96. The number of rotatable bonds is 8. The second-order valence-corrected chi connectivity index (χ2v) is 6.48. The first-order valence-corrected chi connectivity index (χ1v) is 7.66. The van der Waals surface area contributed by atoms with Gasteiger partial charge in [-0.25, -0.2) is 0 Å². The lowest BCUT2D eigenvalue weighted by Gasteiger charge is -2.30. The highest BCUT2D eigenvalue weighted by molar-refractivity contribution is 9.10. The number of hydrogen-bond donors (Lipinski definition) is 2. The molecule has 1 atom stereocenters. The molecule has 1 aromatic rings. The fourth-order valence-electron chi connectivity index (χ4n) is 2.35. The molecule has 1 fully saturated rings. The molecule has 0 radical (unpaired) electrons. The van der Waals surface area contributed by atoms with Crippen molar-refractivity contribution in [1.29, 1.82) is 0 Å². The average molecular weight is 328 g/mol. The summed E-state index contributed by atoms with van der Waals surface area (Å²) < 4.78 is 6.78. The van der Waals surface area contributed by atoms with Crippen LogP contribution in [0.15, 0.2) is 28.7 Å². The van der Waals surface area contributed by atoms with Crippen LogP contribution in [0.25, 0.3) is 0 Å². The first-order valence-electron chi connectivity index (χ1n) is 6.87. The maximum Gasteiger partial charge on any atom is 0.119 e. The van der Waals surface area contributed by atoms with Crippen molar-refractivity contribution in [2.75, 3.05) is 19.8 Å². The lowest BCUT2D eigenvalue weighted by molar-refractivity contribution is 0.0882. The first kappa shape index (κ1) is 14.8. The molecule has 1 saturated carbocycles. The van der Waals surface area contributed by atoms with Crippen LogP contribution in [0.4, 0.5) is 0 Å². The Labute approximate surface area is 123 Å². The van der Waals surface area contributed by atoms with Gasteiger partial charge in [0, 0.05) is 16.4 Å². The Bertz CT molecular complexity index is 386. The van der Waals surface area contributed by atoms with Crippen LogP contribution in [-0.2, 0) is 0 Å². The number of ether oxygens (including phenoxy) is 1. The Morgan fingerprint density at radius 3 is 2.53 bits per heavy atom. The molecule has 1 aromatic carbocycles. The van der Waals surface area contributed by atoms with Gasteiger partial charge in [0.15, 0.2) is 0 Å². The maximum atomic E-state index is 9.65. The molecule has 3 nitrogen and oxygen atoms in total. The number of benzene rings is 1. The summed E-state index contributed by atoms with van der Waals surface area (Å²) in [7, 11) is 0. The summed E-state index contributed by atoms with van der Waals surface area (Å²) in [4.78, 5) is 0. The van der Waals surface area contributed by atoms with Crippen LogP contribution in [-0.4, -0.2) is 24.9 Å². The minimum Gasteiger partial charge on any atom is -0.494 e. The predicted molar refractivity (Wildman–Crippen MR) is 80.2 cm³/mol. The summed E-state index contributed by atoms with van der Waals surface area (Å²) in [6.07, 6.45) is 4.42. The van der Waals surface area contributed by atoms with E-state index in [4.69, 9.17) is 10.5 Å². The molecule has 3 N–H and O–H groups in total. The van der Waals surface area contributed by atoms with Gasteiger partial charge in [0.25, 0.3) is 0 Å². The summed E-state index contributed by atoms with van der Waals surface area (Å²) in [6, 6.07) is 7.80. The largest absolute Gasteiger partial charge is 0.494 e. The molecular weight excluding hydrogens is 306 g/mol. The summed E-state index contributed by atoms with van der Waals surface area (Å²) in [6.45, 7) is 1.29. The molecule has 0 spiro atoms. The zero-order valence-electron chi connectivity index (χ0n) is 11.1. The van der Waals surface area contributed by atoms with E-state index in [1.54, 1.807) is 0 Å². The summed E-state index contributed by atoms with van der Waals surface area (Å²) >= 11 is 3.40. The van der Waals surface area contributed by atoms with E-state index in [2.05, 4.69) is 15.9 Å². The number of nitrogens with two attached hydrogens (primary N) is 1. The fourth-order valence-corrected chi connectivity index (χ4v) is 2.61. The van der Waals surface area contributed by atoms with Gasteiger partial charge in [-0.1, -0.05) is 28.8 Å². The molecule has 0 amide bonds. The highest BCUT2D eigenvalue weighted by Gasteiger charge is 2.35. The van der Waals surface area contributed by atoms with E-state index in [0.29, 0.717) is 13.2 Å². The zero-order valence-corrected chi connectivity index (χ0v) is 12.7. The second kappa shape index (κ2) is 6.73. The van der Waals surface area contributed by atoms with Gasteiger partial charge in [-0.05, 0) is 43.0 Å². The van der Waals surface area contributed by atoms with Gasteiger partial charge in [0.1, 0.15) is 5.75 Å². The topological polar surface area (TPSA) is 55.5 Å². The van der Waals surface area contributed by atoms with Gasteiger partial charge < -0.3 is 15.6 Å². The molecule has 1 aliphatic rings. The zero-order chi connectivity index (χ0) is 13.7. The van der Waals surface area contributed by atoms with Gasteiger partial charge in [-0.2, -0.15) is 0 Å². The monoisotopic (exact) mass is 327 g/mol. The molecule has 0 aliphatic heterocycles. The molecule has 2 rings (SSSR count). The Morgan fingerprint density at radius 2 is 2.00 bits per heavy atom. The van der Waals surface area contributed by atoms with E-state index in [9.17, 15) is 5.11 Å². The van der Waals surface area contributed by atoms with E-state index >= 15 is 0 Å². The van der Waals surface area contributed by atoms with E-state index in [-0.39, 0.29) is 12.0 Å². The number of hydrogen-bond acceptors (Lipinski definition) is 3. The van der Waals surface area contributed by atoms with Crippen LogP contribution in [0.2, 0.25) is 0 Å². The SMILES string of the molecule is NCC(CO)(CCOc1ccc(Br)cc1)CC1CC1. The molecule has 0 bridgehead atoms. The van der Waals surface area contributed by atoms with E-state index in [1.165, 1.54) is 12.8 Å². The van der Waals surface area contributed by atoms with E-state index < -0.39 is 0 Å². The smallest absolute Gasteiger partial charge is 0.119 e. The molecular formula is C15H22BrNO2. The summed E-state index contributed by atoms with van der Waals surface area (Å²) in [5.74, 6) is 1.63. The Hall–Kier alpha value is -0.580. The van der Waals surface area contributed by atoms with Gasteiger partial charge in [0.05, 0.1) is 13.2 Å². The molecule has 0 aromatic heterocycles. The third-order valence-corrected chi connectivity index (χ3v) is 4.43. The van der Waals surface area contributed by atoms with Crippen LogP contribution in [0.5, 0.6) is 5.75 Å². The van der Waals surface area contributed by atoms with Crippen molar-refractivity contribution < 1.29 is 9.84 Å². The third-order valence-electron chi connectivity index (χ3n) is 3.90. The Kier molecular flexibility index (Phi) is 5.25. The third kappa shape index (κ3) is 4.48. The lowest BCUT2D eigenvalue weighted by atomic mass is 9.80. The van der Waals surface area contributed by atoms with Gasteiger partial charge in [0.2, 0.25) is 0 Å². The van der Waals surface area contributed by atoms with Crippen molar-refractivity contribution in [1.82, 2.24) is 0 Å². The minimum atomic E-state index is -0.156.